The zero-order valence-electron chi connectivity index (χ0n) is 17.6. The lowest BCUT2D eigenvalue weighted by Gasteiger charge is -2.27. The van der Waals surface area contributed by atoms with Crippen LogP contribution < -0.4 is 11.1 Å². The highest BCUT2D eigenvalue weighted by atomic mass is 16.5. The van der Waals surface area contributed by atoms with E-state index in [1.807, 2.05) is 32.9 Å². The summed E-state index contributed by atoms with van der Waals surface area (Å²) in [5.41, 5.74) is 7.12. The molecule has 0 fully saturated rings. The minimum absolute atomic E-state index is 0.00639. The SMILES string of the molecule is CC(C)(C)c1cc(CCC(=O)OCCNC(=O)C(N)=O)c(O)c(C(C)(C)C)c1. The monoisotopic (exact) mass is 392 g/mol. The van der Waals surface area contributed by atoms with Crippen molar-refractivity contribution in [2.24, 2.45) is 5.73 Å². The molecule has 28 heavy (non-hydrogen) atoms. The summed E-state index contributed by atoms with van der Waals surface area (Å²) in [6.07, 6.45) is 0.430. The Hall–Kier alpha value is -2.57. The van der Waals surface area contributed by atoms with Gasteiger partial charge in [0.2, 0.25) is 0 Å². The quantitative estimate of drug-likeness (QED) is 0.389. The van der Waals surface area contributed by atoms with Crippen molar-refractivity contribution >= 4 is 17.8 Å². The normalized spacial score (nSPS) is 11.8. The Bertz CT molecular complexity index is 742. The number of benzene rings is 1. The number of amides is 2. The van der Waals surface area contributed by atoms with E-state index in [1.54, 1.807) is 0 Å². The van der Waals surface area contributed by atoms with Gasteiger partial charge in [-0.25, -0.2) is 0 Å². The van der Waals surface area contributed by atoms with E-state index in [9.17, 15) is 19.5 Å². The van der Waals surface area contributed by atoms with Crippen LogP contribution in [0, 0.1) is 0 Å². The van der Waals surface area contributed by atoms with Crippen molar-refractivity contribution in [2.45, 2.75) is 65.2 Å². The van der Waals surface area contributed by atoms with Crippen LogP contribution >= 0.6 is 0 Å². The number of rotatable bonds is 6. The van der Waals surface area contributed by atoms with Gasteiger partial charge in [0.15, 0.2) is 0 Å². The van der Waals surface area contributed by atoms with Gasteiger partial charge in [-0.2, -0.15) is 0 Å². The van der Waals surface area contributed by atoms with Gasteiger partial charge >= 0.3 is 17.8 Å². The van der Waals surface area contributed by atoms with Crippen molar-refractivity contribution < 1.29 is 24.2 Å². The zero-order chi connectivity index (χ0) is 21.7. The second kappa shape index (κ2) is 9.08. The summed E-state index contributed by atoms with van der Waals surface area (Å²) >= 11 is 0. The highest BCUT2D eigenvalue weighted by Gasteiger charge is 2.25. The molecule has 7 nitrogen and oxygen atoms in total. The lowest BCUT2D eigenvalue weighted by molar-refractivity contribution is -0.144. The zero-order valence-corrected chi connectivity index (χ0v) is 17.6. The summed E-state index contributed by atoms with van der Waals surface area (Å²) < 4.78 is 5.04. The Morgan fingerprint density at radius 1 is 1.07 bits per heavy atom. The summed E-state index contributed by atoms with van der Waals surface area (Å²) in [6, 6.07) is 3.96. The van der Waals surface area contributed by atoms with Crippen LogP contribution in [0.5, 0.6) is 5.75 Å². The minimum Gasteiger partial charge on any atom is -0.507 e. The fourth-order valence-electron chi connectivity index (χ4n) is 2.62. The van der Waals surface area contributed by atoms with Crippen molar-refractivity contribution in [3.63, 3.8) is 0 Å². The molecule has 156 valence electrons. The number of hydrogen-bond donors (Lipinski definition) is 3. The summed E-state index contributed by atoms with van der Waals surface area (Å²) in [5.74, 6) is -2.25. The molecule has 1 aromatic carbocycles. The molecule has 4 N–H and O–H groups in total. The average Bonchev–Trinajstić information content (AvgIpc) is 2.55. The Labute approximate surface area is 166 Å². The second-order valence-electron chi connectivity index (χ2n) is 8.87. The third-order valence-electron chi connectivity index (χ3n) is 4.34. The van der Waals surface area contributed by atoms with Crippen molar-refractivity contribution in [1.29, 1.82) is 0 Å². The Morgan fingerprint density at radius 3 is 2.18 bits per heavy atom. The number of nitrogens with two attached hydrogens (primary N) is 1. The van der Waals surface area contributed by atoms with Crippen molar-refractivity contribution in [3.05, 3.63) is 28.8 Å². The highest BCUT2D eigenvalue weighted by molar-refractivity contribution is 6.34. The second-order valence-corrected chi connectivity index (χ2v) is 8.87. The molecule has 0 heterocycles. The fourth-order valence-corrected chi connectivity index (χ4v) is 2.62. The number of carbonyl (C=O) groups is 3. The molecule has 0 atom stereocenters. The molecule has 1 rings (SSSR count). The van der Waals surface area contributed by atoms with E-state index in [2.05, 4.69) is 26.1 Å². The largest absolute Gasteiger partial charge is 0.507 e. The van der Waals surface area contributed by atoms with Gasteiger partial charge in [-0.05, 0) is 33.9 Å². The summed E-state index contributed by atoms with van der Waals surface area (Å²) in [4.78, 5) is 33.6. The molecule has 7 heteroatoms. The summed E-state index contributed by atoms with van der Waals surface area (Å²) in [7, 11) is 0. The number of nitrogens with one attached hydrogen (secondary N) is 1. The number of phenolic OH excluding ortho intramolecular Hbond substituents is 1. The smallest absolute Gasteiger partial charge is 0.309 e. The number of phenols is 1. The molecule has 0 saturated heterocycles. The summed E-state index contributed by atoms with van der Waals surface area (Å²) in [6.45, 7) is 12.4. The topological polar surface area (TPSA) is 119 Å². The molecule has 0 spiro atoms. The number of carbonyl (C=O) groups excluding carboxylic acids is 3. The van der Waals surface area contributed by atoms with E-state index in [0.29, 0.717) is 12.0 Å². The minimum atomic E-state index is -1.09. The maximum atomic E-state index is 12.0. The highest BCUT2D eigenvalue weighted by Crippen LogP contribution is 2.38. The summed E-state index contributed by atoms with van der Waals surface area (Å²) in [5, 5.41) is 12.9. The Kier molecular flexibility index (Phi) is 7.61. The lowest BCUT2D eigenvalue weighted by Crippen LogP contribution is -2.37. The van der Waals surface area contributed by atoms with Gasteiger partial charge in [0.1, 0.15) is 12.4 Å². The third-order valence-corrected chi connectivity index (χ3v) is 4.34. The van der Waals surface area contributed by atoms with Gasteiger partial charge in [0.05, 0.1) is 6.54 Å². The lowest BCUT2D eigenvalue weighted by atomic mass is 9.78. The molecule has 0 aliphatic heterocycles. The van der Waals surface area contributed by atoms with E-state index < -0.39 is 17.8 Å². The Balaban J connectivity index is 2.79. The first kappa shape index (κ1) is 23.5. The Morgan fingerprint density at radius 2 is 1.68 bits per heavy atom. The molecular weight excluding hydrogens is 360 g/mol. The molecular formula is C21H32N2O5. The molecule has 0 aromatic heterocycles. The van der Waals surface area contributed by atoms with Gasteiger partial charge in [-0.3, -0.25) is 14.4 Å². The van der Waals surface area contributed by atoms with Crippen LogP contribution in [0.3, 0.4) is 0 Å². The molecule has 0 unspecified atom stereocenters. The van der Waals surface area contributed by atoms with Crippen LogP contribution in [-0.2, 0) is 36.4 Å². The first-order chi connectivity index (χ1) is 12.7. The van der Waals surface area contributed by atoms with Gasteiger partial charge < -0.3 is 20.9 Å². The van der Waals surface area contributed by atoms with Crippen LogP contribution in [0.25, 0.3) is 0 Å². The van der Waals surface area contributed by atoms with Gasteiger partial charge in [-0.15, -0.1) is 0 Å². The van der Waals surface area contributed by atoms with Gasteiger partial charge in [0.25, 0.3) is 0 Å². The average molecular weight is 392 g/mol. The first-order valence-electron chi connectivity index (χ1n) is 9.33. The van der Waals surface area contributed by atoms with Crippen LogP contribution in [-0.4, -0.2) is 36.0 Å². The maximum Gasteiger partial charge on any atom is 0.309 e. The third kappa shape index (κ3) is 6.87. The van der Waals surface area contributed by atoms with E-state index in [4.69, 9.17) is 10.5 Å². The molecule has 0 aliphatic rings. The van der Waals surface area contributed by atoms with Crippen molar-refractivity contribution in [3.8, 4) is 5.75 Å². The molecule has 2 amide bonds. The number of esters is 1. The van der Waals surface area contributed by atoms with Crippen molar-refractivity contribution in [2.75, 3.05) is 13.2 Å². The number of hydrogen-bond acceptors (Lipinski definition) is 5. The molecule has 0 aliphatic carbocycles. The van der Waals surface area contributed by atoms with Crippen LogP contribution in [0.4, 0.5) is 0 Å². The maximum absolute atomic E-state index is 12.0. The predicted molar refractivity (Wildman–Crippen MR) is 107 cm³/mol. The fraction of sp³-hybridized carbons (Fsp3) is 0.571. The number of primary amides is 1. The molecule has 1 aromatic rings. The number of aromatic hydroxyl groups is 1. The van der Waals surface area contributed by atoms with E-state index in [1.165, 1.54) is 0 Å². The van der Waals surface area contributed by atoms with E-state index in [0.717, 1.165) is 11.1 Å². The predicted octanol–water partition coefficient (Wildman–Crippen LogP) is 2.06. The molecule has 0 bridgehead atoms. The molecule has 0 radical (unpaired) electrons. The van der Waals surface area contributed by atoms with Crippen LogP contribution in [0.1, 0.15) is 64.7 Å². The van der Waals surface area contributed by atoms with E-state index >= 15 is 0 Å². The van der Waals surface area contributed by atoms with Gasteiger partial charge in [-0.1, -0.05) is 53.7 Å². The standard InChI is InChI=1S/C21H32N2O5/c1-20(2,3)14-11-13(17(25)15(12-14)21(4,5)6)7-8-16(24)28-10-9-23-19(27)18(22)26/h11-12,25H,7-10H2,1-6H3,(H2,22,26)(H,23,27). The first-order valence-corrected chi connectivity index (χ1v) is 9.33. The molecule has 0 saturated carbocycles. The van der Waals surface area contributed by atoms with Gasteiger partial charge in [0, 0.05) is 6.42 Å². The number of aryl methyl sites for hydroxylation is 1. The van der Waals surface area contributed by atoms with Crippen molar-refractivity contribution in [1.82, 2.24) is 5.32 Å². The van der Waals surface area contributed by atoms with Crippen LogP contribution in [0.15, 0.2) is 12.1 Å². The number of ether oxygens (including phenoxy) is 1. The van der Waals surface area contributed by atoms with Crippen LogP contribution in [0.2, 0.25) is 0 Å². The van der Waals surface area contributed by atoms with E-state index in [-0.39, 0.29) is 36.2 Å².